The maximum atomic E-state index is 13.5. The van der Waals surface area contributed by atoms with Crippen molar-refractivity contribution < 1.29 is 9.59 Å². The topological polar surface area (TPSA) is 43.9 Å². The van der Waals surface area contributed by atoms with Crippen molar-refractivity contribution in [1.82, 2.24) is 14.7 Å². The Bertz CT molecular complexity index is 1240. The molecule has 0 N–H and O–H groups in total. The van der Waals surface area contributed by atoms with E-state index in [1.807, 2.05) is 59.2 Å². The van der Waals surface area contributed by atoms with Crippen LogP contribution >= 0.6 is 11.3 Å². The molecule has 0 aliphatic carbocycles. The number of benzene rings is 2. The molecule has 5 nitrogen and oxygen atoms in total. The summed E-state index contributed by atoms with van der Waals surface area (Å²) >= 11 is 1.82. The van der Waals surface area contributed by atoms with Crippen molar-refractivity contribution in [3.8, 4) is 0 Å². The molecule has 182 valence electrons. The van der Waals surface area contributed by atoms with Crippen LogP contribution in [0.4, 0.5) is 0 Å². The van der Waals surface area contributed by atoms with Gasteiger partial charge in [-0.3, -0.25) is 14.5 Å². The van der Waals surface area contributed by atoms with E-state index in [2.05, 4.69) is 47.5 Å². The van der Waals surface area contributed by atoms with Crippen LogP contribution in [0.1, 0.15) is 50.5 Å². The van der Waals surface area contributed by atoms with Crippen molar-refractivity contribution in [2.75, 3.05) is 32.7 Å². The lowest BCUT2D eigenvalue weighted by Crippen LogP contribution is -2.57. The highest BCUT2D eigenvalue weighted by Gasteiger charge is 2.35. The van der Waals surface area contributed by atoms with E-state index in [0.29, 0.717) is 26.2 Å². The summed E-state index contributed by atoms with van der Waals surface area (Å²) in [6.45, 7) is 9.16. The molecule has 5 rings (SSSR count). The Morgan fingerprint density at radius 2 is 1.66 bits per heavy atom. The molecule has 35 heavy (non-hydrogen) atoms. The van der Waals surface area contributed by atoms with Gasteiger partial charge in [-0.2, -0.15) is 0 Å². The van der Waals surface area contributed by atoms with Gasteiger partial charge in [0.25, 0.3) is 5.91 Å². The van der Waals surface area contributed by atoms with Crippen molar-refractivity contribution in [3.63, 3.8) is 0 Å². The number of rotatable bonds is 4. The predicted octanol–water partition coefficient (Wildman–Crippen LogP) is 4.69. The molecule has 6 heteroatoms. The second kappa shape index (κ2) is 9.96. The first-order chi connectivity index (χ1) is 16.9. The number of hydrogen-bond acceptors (Lipinski definition) is 4. The number of carbonyl (C=O) groups excluding carboxylic acids is 2. The van der Waals surface area contributed by atoms with Crippen molar-refractivity contribution >= 4 is 23.2 Å². The monoisotopic (exact) mass is 487 g/mol. The Labute approximate surface area is 212 Å². The van der Waals surface area contributed by atoms with E-state index in [4.69, 9.17) is 0 Å². The van der Waals surface area contributed by atoms with E-state index in [-0.39, 0.29) is 23.9 Å². The molecule has 0 saturated carbocycles. The van der Waals surface area contributed by atoms with Gasteiger partial charge in [-0.1, -0.05) is 42.5 Å². The summed E-state index contributed by atoms with van der Waals surface area (Å²) in [7, 11) is 0. The summed E-state index contributed by atoms with van der Waals surface area (Å²) in [6, 6.07) is 18.6. The SMILES string of the molecule is Cc1ccccc1C(=O)N1CCN(C(=O)CN2CCc3sccc3[C@H]2c2ccccc2C)C[C@@H]1C. The van der Waals surface area contributed by atoms with Gasteiger partial charge in [0.05, 0.1) is 12.6 Å². The lowest BCUT2D eigenvalue weighted by molar-refractivity contribution is -0.135. The third-order valence-corrected chi connectivity index (χ3v) is 8.50. The van der Waals surface area contributed by atoms with Gasteiger partial charge in [-0.25, -0.2) is 0 Å². The van der Waals surface area contributed by atoms with Gasteiger partial charge in [0.1, 0.15) is 0 Å². The summed E-state index contributed by atoms with van der Waals surface area (Å²) < 4.78 is 0. The standard InChI is InChI=1S/C29H33N3O2S/c1-20-8-4-6-10-23(20)28-25-13-17-35-26(25)12-14-31(28)19-27(33)30-15-16-32(22(3)18-30)29(34)24-11-7-5-9-21(24)2/h4-11,13,17,22,28H,12,14-16,18-19H2,1-3H3/t22-,28+/m0/s1. The van der Waals surface area contributed by atoms with Crippen molar-refractivity contribution in [1.29, 1.82) is 0 Å². The van der Waals surface area contributed by atoms with E-state index in [0.717, 1.165) is 24.1 Å². The Morgan fingerprint density at radius 1 is 0.914 bits per heavy atom. The molecular formula is C29H33N3O2S. The number of fused-ring (bicyclic) bond motifs is 1. The van der Waals surface area contributed by atoms with Gasteiger partial charge >= 0.3 is 0 Å². The number of thiophene rings is 1. The number of aryl methyl sites for hydroxylation is 2. The molecule has 1 aromatic heterocycles. The maximum absolute atomic E-state index is 13.5. The minimum absolute atomic E-state index is 0.0168. The Kier molecular flexibility index (Phi) is 6.76. The third-order valence-electron chi connectivity index (χ3n) is 7.50. The highest BCUT2D eigenvalue weighted by atomic mass is 32.1. The second-order valence-corrected chi connectivity index (χ2v) is 10.8. The molecule has 0 unspecified atom stereocenters. The van der Waals surface area contributed by atoms with Gasteiger partial charge in [-0.15, -0.1) is 11.3 Å². The van der Waals surface area contributed by atoms with Crippen molar-refractivity contribution in [2.24, 2.45) is 0 Å². The number of nitrogens with zero attached hydrogens (tertiary/aromatic N) is 3. The number of hydrogen-bond donors (Lipinski definition) is 0. The molecule has 0 radical (unpaired) electrons. The highest BCUT2D eigenvalue weighted by molar-refractivity contribution is 7.10. The molecule has 1 saturated heterocycles. The fraction of sp³-hybridized carbons (Fsp3) is 0.379. The van der Waals surface area contributed by atoms with Crippen molar-refractivity contribution in [2.45, 2.75) is 39.3 Å². The summed E-state index contributed by atoms with van der Waals surface area (Å²) in [5, 5.41) is 2.17. The molecule has 2 amide bonds. The van der Waals surface area contributed by atoms with E-state index < -0.39 is 0 Å². The Balaban J connectivity index is 1.30. The van der Waals surface area contributed by atoms with Gasteiger partial charge < -0.3 is 9.80 Å². The fourth-order valence-corrected chi connectivity index (χ4v) is 6.43. The molecule has 2 atom stereocenters. The number of amides is 2. The molecule has 2 aromatic carbocycles. The summed E-state index contributed by atoms with van der Waals surface area (Å²) in [4.78, 5) is 34.3. The van der Waals surface area contributed by atoms with E-state index in [9.17, 15) is 9.59 Å². The van der Waals surface area contributed by atoms with Crippen LogP contribution in [0.2, 0.25) is 0 Å². The molecule has 2 aliphatic heterocycles. The average molecular weight is 488 g/mol. The number of carbonyl (C=O) groups is 2. The molecule has 0 bridgehead atoms. The first-order valence-electron chi connectivity index (χ1n) is 12.4. The molecular weight excluding hydrogens is 454 g/mol. The zero-order valence-corrected chi connectivity index (χ0v) is 21.6. The second-order valence-electron chi connectivity index (χ2n) is 9.78. The zero-order chi connectivity index (χ0) is 24.5. The fourth-order valence-electron chi connectivity index (χ4n) is 5.52. The first kappa shape index (κ1) is 23.8. The van der Waals surface area contributed by atoms with Gasteiger partial charge in [-0.05, 0) is 67.0 Å². The van der Waals surface area contributed by atoms with Crippen LogP contribution in [0, 0.1) is 13.8 Å². The van der Waals surface area contributed by atoms with Crippen LogP contribution in [0.25, 0.3) is 0 Å². The normalized spacial score (nSPS) is 20.5. The van der Waals surface area contributed by atoms with Crippen LogP contribution in [0.15, 0.2) is 60.0 Å². The average Bonchev–Trinajstić information content (AvgIpc) is 3.33. The maximum Gasteiger partial charge on any atom is 0.254 e. The van der Waals surface area contributed by atoms with Crippen LogP contribution in [-0.2, 0) is 11.2 Å². The van der Waals surface area contributed by atoms with E-state index >= 15 is 0 Å². The van der Waals surface area contributed by atoms with Crippen LogP contribution in [0.3, 0.4) is 0 Å². The summed E-state index contributed by atoms with van der Waals surface area (Å²) in [5.74, 6) is 0.209. The lowest BCUT2D eigenvalue weighted by atomic mass is 9.90. The predicted molar refractivity (Wildman–Crippen MR) is 141 cm³/mol. The molecule has 3 aromatic rings. The third kappa shape index (κ3) is 4.65. The minimum atomic E-state index is -0.0168. The number of piperazine rings is 1. The van der Waals surface area contributed by atoms with Crippen molar-refractivity contribution in [3.05, 3.63) is 92.7 Å². The molecule has 3 heterocycles. The van der Waals surface area contributed by atoms with Crippen LogP contribution in [0.5, 0.6) is 0 Å². The van der Waals surface area contributed by atoms with E-state index in [1.165, 1.54) is 21.6 Å². The molecule has 1 fully saturated rings. The van der Waals surface area contributed by atoms with Gasteiger partial charge in [0.15, 0.2) is 0 Å². The van der Waals surface area contributed by atoms with Crippen LogP contribution in [-0.4, -0.2) is 65.3 Å². The Hall–Kier alpha value is -2.96. The quantitative estimate of drug-likeness (QED) is 0.537. The smallest absolute Gasteiger partial charge is 0.254 e. The van der Waals surface area contributed by atoms with Crippen LogP contribution < -0.4 is 0 Å². The van der Waals surface area contributed by atoms with E-state index in [1.54, 1.807) is 0 Å². The van der Waals surface area contributed by atoms with Gasteiger partial charge in [0.2, 0.25) is 5.91 Å². The summed E-state index contributed by atoms with van der Waals surface area (Å²) in [5.41, 5.74) is 5.61. The Morgan fingerprint density at radius 3 is 2.40 bits per heavy atom. The highest BCUT2D eigenvalue weighted by Crippen LogP contribution is 2.38. The lowest BCUT2D eigenvalue weighted by Gasteiger charge is -2.42. The zero-order valence-electron chi connectivity index (χ0n) is 20.7. The van der Waals surface area contributed by atoms with Gasteiger partial charge in [0, 0.05) is 42.7 Å². The molecule has 0 spiro atoms. The molecule has 2 aliphatic rings. The first-order valence-corrected chi connectivity index (χ1v) is 13.3. The minimum Gasteiger partial charge on any atom is -0.338 e. The summed E-state index contributed by atoms with van der Waals surface area (Å²) in [6.07, 6.45) is 0.984. The largest absolute Gasteiger partial charge is 0.338 e.